The van der Waals surface area contributed by atoms with Gasteiger partial charge in [0.2, 0.25) is 5.91 Å². The highest BCUT2D eigenvalue weighted by atomic mass is 35.5. The standard InChI is InChI=1S/C15H20Cl2N2O2.ClH/c16-11-4-10(5-12(17)7-11)14(20)8-19-15(21)6-9-2-1-3-13(9)18;/h4-5,7,9,13-14,20H,1-3,6,8,18H2,(H,19,21);1H/t9-,13+,14?;/m0./s1. The molecule has 0 saturated heterocycles. The zero-order valence-electron chi connectivity index (χ0n) is 12.1. The van der Waals surface area contributed by atoms with E-state index in [2.05, 4.69) is 5.32 Å². The highest BCUT2D eigenvalue weighted by Crippen LogP contribution is 2.27. The number of amides is 1. The molecule has 124 valence electrons. The summed E-state index contributed by atoms with van der Waals surface area (Å²) in [4.78, 5) is 11.9. The van der Waals surface area contributed by atoms with Crippen LogP contribution < -0.4 is 11.1 Å². The van der Waals surface area contributed by atoms with Gasteiger partial charge >= 0.3 is 0 Å². The third-order valence-electron chi connectivity index (χ3n) is 3.93. The molecule has 4 nitrogen and oxygen atoms in total. The number of aliphatic hydroxyl groups is 1. The Morgan fingerprint density at radius 1 is 1.32 bits per heavy atom. The van der Waals surface area contributed by atoms with Gasteiger partial charge in [0, 0.05) is 29.1 Å². The van der Waals surface area contributed by atoms with Crippen molar-refractivity contribution in [1.82, 2.24) is 5.32 Å². The van der Waals surface area contributed by atoms with Crippen molar-refractivity contribution in [3.8, 4) is 0 Å². The highest BCUT2D eigenvalue weighted by molar-refractivity contribution is 6.34. The summed E-state index contributed by atoms with van der Waals surface area (Å²) in [5.41, 5.74) is 6.54. The van der Waals surface area contributed by atoms with Crippen molar-refractivity contribution < 1.29 is 9.90 Å². The van der Waals surface area contributed by atoms with Crippen molar-refractivity contribution in [3.63, 3.8) is 0 Å². The average molecular weight is 368 g/mol. The largest absolute Gasteiger partial charge is 0.387 e. The molecule has 1 amide bonds. The second kappa shape index (κ2) is 8.94. The lowest BCUT2D eigenvalue weighted by Gasteiger charge is -2.17. The summed E-state index contributed by atoms with van der Waals surface area (Å²) in [5, 5.41) is 13.7. The van der Waals surface area contributed by atoms with Gasteiger partial charge in [-0.15, -0.1) is 12.4 Å². The number of aliphatic hydroxyl groups excluding tert-OH is 1. The number of carbonyl (C=O) groups excluding carboxylic acids is 1. The molecule has 1 aliphatic rings. The van der Waals surface area contributed by atoms with Crippen LogP contribution in [0.2, 0.25) is 10.0 Å². The van der Waals surface area contributed by atoms with Crippen LogP contribution in [0.15, 0.2) is 18.2 Å². The van der Waals surface area contributed by atoms with Crippen molar-refractivity contribution in [2.45, 2.75) is 37.8 Å². The van der Waals surface area contributed by atoms with E-state index in [9.17, 15) is 9.90 Å². The summed E-state index contributed by atoms with van der Waals surface area (Å²) in [5.74, 6) is 0.173. The number of hydrogen-bond donors (Lipinski definition) is 3. The molecule has 0 radical (unpaired) electrons. The Bertz CT molecular complexity index is 493. The van der Waals surface area contributed by atoms with Gasteiger partial charge in [0.25, 0.3) is 0 Å². The highest BCUT2D eigenvalue weighted by Gasteiger charge is 2.26. The van der Waals surface area contributed by atoms with Gasteiger partial charge in [-0.05, 0) is 42.5 Å². The molecule has 1 aliphatic carbocycles. The average Bonchev–Trinajstić information content (AvgIpc) is 2.80. The van der Waals surface area contributed by atoms with Crippen LogP contribution in [0.3, 0.4) is 0 Å². The van der Waals surface area contributed by atoms with Gasteiger partial charge in [0.1, 0.15) is 0 Å². The summed E-state index contributed by atoms with van der Waals surface area (Å²) >= 11 is 11.8. The van der Waals surface area contributed by atoms with E-state index in [1.54, 1.807) is 18.2 Å². The van der Waals surface area contributed by atoms with Crippen molar-refractivity contribution in [2.75, 3.05) is 6.54 Å². The Morgan fingerprint density at radius 2 is 1.95 bits per heavy atom. The van der Waals surface area contributed by atoms with Gasteiger partial charge in [-0.2, -0.15) is 0 Å². The quantitative estimate of drug-likeness (QED) is 0.748. The Labute approximate surface area is 146 Å². The van der Waals surface area contributed by atoms with Crippen LogP contribution in [0.1, 0.15) is 37.4 Å². The van der Waals surface area contributed by atoms with E-state index < -0.39 is 6.10 Å². The van der Waals surface area contributed by atoms with Crippen molar-refractivity contribution in [2.24, 2.45) is 11.7 Å². The van der Waals surface area contributed by atoms with Crippen LogP contribution in [0, 0.1) is 5.92 Å². The maximum Gasteiger partial charge on any atom is 0.220 e. The third kappa shape index (κ3) is 5.60. The van der Waals surface area contributed by atoms with Crippen molar-refractivity contribution in [1.29, 1.82) is 0 Å². The SMILES string of the molecule is Cl.N[C@@H]1CCC[C@H]1CC(=O)NCC(O)c1cc(Cl)cc(Cl)c1. The maximum absolute atomic E-state index is 11.9. The molecule has 22 heavy (non-hydrogen) atoms. The first-order chi connectivity index (χ1) is 9.95. The lowest BCUT2D eigenvalue weighted by Crippen LogP contribution is -2.33. The fourth-order valence-electron chi connectivity index (χ4n) is 2.73. The predicted octanol–water partition coefficient (Wildman–Crippen LogP) is 3.08. The minimum Gasteiger partial charge on any atom is -0.387 e. The molecule has 0 heterocycles. The number of carbonyl (C=O) groups is 1. The third-order valence-corrected chi connectivity index (χ3v) is 4.36. The molecule has 1 aromatic rings. The Balaban J connectivity index is 0.00000242. The molecule has 1 unspecified atom stereocenters. The smallest absolute Gasteiger partial charge is 0.220 e. The number of halogens is 3. The molecule has 0 bridgehead atoms. The molecule has 7 heteroatoms. The van der Waals surface area contributed by atoms with Crippen molar-refractivity contribution in [3.05, 3.63) is 33.8 Å². The molecule has 0 spiro atoms. The van der Waals surface area contributed by atoms with Crippen LogP contribution in [0.25, 0.3) is 0 Å². The van der Waals surface area contributed by atoms with E-state index >= 15 is 0 Å². The van der Waals surface area contributed by atoms with Crippen LogP contribution in [0.4, 0.5) is 0 Å². The first-order valence-electron chi connectivity index (χ1n) is 7.12. The summed E-state index contributed by atoms with van der Waals surface area (Å²) < 4.78 is 0. The topological polar surface area (TPSA) is 75.4 Å². The molecule has 2 rings (SSSR count). The van der Waals surface area contributed by atoms with E-state index in [1.165, 1.54) is 0 Å². The lowest BCUT2D eigenvalue weighted by molar-refractivity contribution is -0.122. The molecule has 0 aliphatic heterocycles. The molecule has 1 fully saturated rings. The van der Waals surface area contributed by atoms with E-state index in [-0.39, 0.29) is 36.8 Å². The van der Waals surface area contributed by atoms with Gasteiger partial charge in [-0.3, -0.25) is 4.79 Å². The summed E-state index contributed by atoms with van der Waals surface area (Å²) in [6.45, 7) is 0.136. The number of benzene rings is 1. The zero-order chi connectivity index (χ0) is 15.4. The maximum atomic E-state index is 11.9. The second-order valence-corrected chi connectivity index (χ2v) is 6.45. The normalized spacial score (nSPS) is 22.0. The van der Waals surface area contributed by atoms with Gasteiger partial charge < -0.3 is 16.2 Å². The molecular weight excluding hydrogens is 347 g/mol. The Morgan fingerprint density at radius 3 is 2.50 bits per heavy atom. The fraction of sp³-hybridized carbons (Fsp3) is 0.533. The van der Waals surface area contributed by atoms with E-state index in [0.29, 0.717) is 22.0 Å². The zero-order valence-corrected chi connectivity index (χ0v) is 14.4. The molecule has 0 aromatic heterocycles. The summed E-state index contributed by atoms with van der Waals surface area (Å²) in [7, 11) is 0. The van der Waals surface area contributed by atoms with Crippen LogP contribution in [-0.2, 0) is 4.79 Å². The molecule has 4 N–H and O–H groups in total. The summed E-state index contributed by atoms with van der Waals surface area (Å²) in [6, 6.07) is 4.99. The van der Waals surface area contributed by atoms with Crippen molar-refractivity contribution >= 4 is 41.5 Å². The van der Waals surface area contributed by atoms with Gasteiger partial charge in [-0.25, -0.2) is 0 Å². The Hall–Kier alpha value is -0.520. The molecule has 1 saturated carbocycles. The van der Waals surface area contributed by atoms with Crippen LogP contribution in [0.5, 0.6) is 0 Å². The van der Waals surface area contributed by atoms with E-state index in [0.717, 1.165) is 19.3 Å². The van der Waals surface area contributed by atoms with Gasteiger partial charge in [0.05, 0.1) is 6.10 Å². The first-order valence-corrected chi connectivity index (χ1v) is 7.87. The van der Waals surface area contributed by atoms with Gasteiger partial charge in [0.15, 0.2) is 0 Å². The molecular formula is C15H21Cl3N2O2. The predicted molar refractivity (Wildman–Crippen MR) is 91.6 cm³/mol. The number of nitrogens with one attached hydrogen (secondary N) is 1. The molecule has 3 atom stereocenters. The minimum absolute atomic E-state index is 0. The number of hydrogen-bond acceptors (Lipinski definition) is 3. The Kier molecular flexibility index (Phi) is 7.94. The van der Waals surface area contributed by atoms with E-state index in [1.807, 2.05) is 0 Å². The van der Waals surface area contributed by atoms with Crippen LogP contribution in [-0.4, -0.2) is 23.6 Å². The minimum atomic E-state index is -0.831. The second-order valence-electron chi connectivity index (χ2n) is 5.58. The first kappa shape index (κ1) is 19.5. The molecule has 1 aromatic carbocycles. The lowest BCUT2D eigenvalue weighted by atomic mass is 10.00. The van der Waals surface area contributed by atoms with E-state index in [4.69, 9.17) is 28.9 Å². The monoisotopic (exact) mass is 366 g/mol. The fourth-order valence-corrected chi connectivity index (χ4v) is 3.27. The van der Waals surface area contributed by atoms with Gasteiger partial charge in [-0.1, -0.05) is 29.6 Å². The summed E-state index contributed by atoms with van der Waals surface area (Å²) in [6.07, 6.45) is 2.66. The number of nitrogens with two attached hydrogens (primary N) is 1. The van der Waals surface area contributed by atoms with Crippen LogP contribution >= 0.6 is 35.6 Å². The number of rotatable bonds is 5.